The maximum atomic E-state index is 9.05. The summed E-state index contributed by atoms with van der Waals surface area (Å²) in [5, 5.41) is 0. The van der Waals surface area contributed by atoms with Crippen LogP contribution in [-0.2, 0) is 4.79 Å². The van der Waals surface area contributed by atoms with E-state index in [1.165, 1.54) is 0 Å². The van der Waals surface area contributed by atoms with Gasteiger partial charge in [0.1, 0.15) is 6.29 Å². The highest BCUT2D eigenvalue weighted by molar-refractivity contribution is 5.51. The Morgan fingerprint density at radius 2 is 1.44 bits per heavy atom. The van der Waals surface area contributed by atoms with Crippen LogP contribution in [0.1, 0.15) is 0 Å². The van der Waals surface area contributed by atoms with Crippen molar-refractivity contribution in [2.75, 3.05) is 34.7 Å². The van der Waals surface area contributed by atoms with Crippen LogP contribution in [-0.4, -0.2) is 45.5 Å². The number of aldehydes is 1. The standard InChI is InChI=1S/C4H12N.C2H5NO/c1-5(2,3)4;3-1-2-4/h1-4H3;2H,1,3H2/q+1;. The van der Waals surface area contributed by atoms with Crippen LogP contribution in [0.5, 0.6) is 0 Å². The first-order valence-corrected chi connectivity index (χ1v) is 2.84. The van der Waals surface area contributed by atoms with Gasteiger partial charge in [-0.3, -0.25) is 0 Å². The number of quaternary nitrogens is 1. The Bertz CT molecular complexity index is 59.9. The van der Waals surface area contributed by atoms with Crippen LogP contribution in [0.25, 0.3) is 0 Å². The summed E-state index contributed by atoms with van der Waals surface area (Å²) < 4.78 is 1.00. The lowest BCUT2D eigenvalue weighted by molar-refractivity contribution is -0.849. The van der Waals surface area contributed by atoms with Crippen LogP contribution < -0.4 is 5.73 Å². The van der Waals surface area contributed by atoms with E-state index in [-0.39, 0.29) is 6.54 Å². The molecule has 0 aromatic heterocycles. The van der Waals surface area contributed by atoms with Crippen LogP contribution in [0.15, 0.2) is 0 Å². The second kappa shape index (κ2) is 5.72. The summed E-state index contributed by atoms with van der Waals surface area (Å²) in [6.07, 6.45) is 0.653. The first-order valence-electron chi connectivity index (χ1n) is 2.84. The summed E-state index contributed by atoms with van der Waals surface area (Å²) in [4.78, 5) is 9.05. The molecule has 0 aliphatic carbocycles. The molecule has 0 unspecified atom stereocenters. The molecule has 0 amide bonds. The highest BCUT2D eigenvalue weighted by Crippen LogP contribution is 1.73. The second-order valence-corrected chi connectivity index (χ2v) is 3.09. The normalized spacial score (nSPS) is 9.44. The van der Waals surface area contributed by atoms with E-state index in [1.54, 1.807) is 0 Å². The zero-order valence-electron chi connectivity index (χ0n) is 6.72. The summed E-state index contributed by atoms with van der Waals surface area (Å²) in [7, 11) is 8.50. The molecular weight excluding hydrogens is 116 g/mol. The van der Waals surface area contributed by atoms with Gasteiger partial charge in [-0.25, -0.2) is 0 Å². The van der Waals surface area contributed by atoms with E-state index in [0.29, 0.717) is 6.29 Å². The molecule has 56 valence electrons. The van der Waals surface area contributed by atoms with Gasteiger partial charge in [-0.2, -0.15) is 0 Å². The Hall–Kier alpha value is -0.410. The highest BCUT2D eigenvalue weighted by Gasteiger charge is 1.88. The molecule has 0 bridgehead atoms. The molecule has 0 saturated carbocycles. The smallest absolute Gasteiger partial charge is 0.133 e. The van der Waals surface area contributed by atoms with Gasteiger partial charge in [0.05, 0.1) is 28.2 Å². The molecule has 0 rings (SSSR count). The summed E-state index contributed by atoms with van der Waals surface area (Å²) >= 11 is 0. The van der Waals surface area contributed by atoms with Gasteiger partial charge >= 0.3 is 0 Å². The van der Waals surface area contributed by atoms with Gasteiger partial charge in [0.25, 0.3) is 0 Å². The maximum absolute atomic E-state index is 9.05. The summed E-state index contributed by atoms with van der Waals surface area (Å²) in [6, 6.07) is 0. The third-order valence-corrected chi connectivity index (χ3v) is 0.0962. The Morgan fingerprint density at radius 3 is 1.44 bits per heavy atom. The molecule has 2 N–H and O–H groups in total. The molecule has 0 aromatic rings. The zero-order chi connectivity index (χ0) is 7.91. The third kappa shape index (κ3) is 681. The first-order chi connectivity index (χ1) is 3.91. The van der Waals surface area contributed by atoms with E-state index in [4.69, 9.17) is 4.79 Å². The third-order valence-electron chi connectivity index (χ3n) is 0.0962. The van der Waals surface area contributed by atoms with Crippen LogP contribution >= 0.6 is 0 Å². The summed E-state index contributed by atoms with van der Waals surface area (Å²) in [5.41, 5.74) is 4.66. The topological polar surface area (TPSA) is 43.1 Å². The monoisotopic (exact) mass is 133 g/mol. The molecule has 0 atom stereocenters. The average Bonchev–Trinajstić information content (AvgIpc) is 1.61. The summed E-state index contributed by atoms with van der Waals surface area (Å²) in [6.45, 7) is 0.139. The molecule has 0 fully saturated rings. The Balaban J connectivity index is 0. The molecule has 0 heterocycles. The van der Waals surface area contributed by atoms with E-state index in [0.717, 1.165) is 4.48 Å². The van der Waals surface area contributed by atoms with E-state index in [9.17, 15) is 0 Å². The molecule has 0 radical (unpaired) electrons. The molecule has 0 aliphatic rings. The van der Waals surface area contributed by atoms with Crippen molar-refractivity contribution in [2.24, 2.45) is 5.73 Å². The van der Waals surface area contributed by atoms with Crippen molar-refractivity contribution in [1.82, 2.24) is 0 Å². The molecular formula is C6H17N2O+. The van der Waals surface area contributed by atoms with Crippen molar-refractivity contribution < 1.29 is 9.28 Å². The molecule has 0 aromatic carbocycles. The molecule has 0 spiro atoms. The van der Waals surface area contributed by atoms with Crippen molar-refractivity contribution in [3.63, 3.8) is 0 Å². The van der Waals surface area contributed by atoms with Gasteiger partial charge < -0.3 is 15.0 Å². The SMILES string of the molecule is C[N+](C)(C)C.NCC=O. The number of nitrogens with two attached hydrogens (primary N) is 1. The largest absolute Gasteiger partial charge is 0.333 e. The van der Waals surface area contributed by atoms with Crippen molar-refractivity contribution in [1.29, 1.82) is 0 Å². The lowest BCUT2D eigenvalue weighted by Gasteiger charge is -2.14. The fourth-order valence-electron chi connectivity index (χ4n) is 0. The van der Waals surface area contributed by atoms with Crippen LogP contribution in [0.2, 0.25) is 0 Å². The van der Waals surface area contributed by atoms with Gasteiger partial charge in [0.15, 0.2) is 0 Å². The lowest BCUT2D eigenvalue weighted by Crippen LogP contribution is -2.27. The number of nitrogens with zero attached hydrogens (tertiary/aromatic N) is 1. The molecule has 3 nitrogen and oxygen atoms in total. The Labute approximate surface area is 57.0 Å². The lowest BCUT2D eigenvalue weighted by atomic mass is 10.8. The van der Waals surface area contributed by atoms with Gasteiger partial charge in [0.2, 0.25) is 0 Å². The Kier molecular flexibility index (Phi) is 7.24. The number of carbonyl (C=O) groups excluding carboxylic acids is 1. The van der Waals surface area contributed by atoms with Crippen molar-refractivity contribution in [3.8, 4) is 0 Å². The van der Waals surface area contributed by atoms with Crippen LogP contribution in [0, 0.1) is 0 Å². The van der Waals surface area contributed by atoms with Gasteiger partial charge in [-0.1, -0.05) is 0 Å². The van der Waals surface area contributed by atoms with Crippen LogP contribution in [0.4, 0.5) is 0 Å². The number of carbonyl (C=O) groups is 1. The Morgan fingerprint density at radius 1 is 1.33 bits per heavy atom. The molecule has 0 saturated heterocycles. The summed E-state index contributed by atoms with van der Waals surface area (Å²) in [5.74, 6) is 0. The van der Waals surface area contributed by atoms with Gasteiger partial charge in [0, 0.05) is 6.54 Å². The molecule has 3 heteroatoms. The molecule has 0 aliphatic heterocycles. The maximum Gasteiger partial charge on any atom is 0.133 e. The predicted molar refractivity (Wildman–Crippen MR) is 39.1 cm³/mol. The fraction of sp³-hybridized carbons (Fsp3) is 0.833. The minimum atomic E-state index is 0.139. The predicted octanol–water partition coefficient (Wildman–Crippen LogP) is -0.534. The highest BCUT2D eigenvalue weighted by atomic mass is 16.1. The number of rotatable bonds is 1. The van der Waals surface area contributed by atoms with E-state index in [2.05, 4.69) is 33.9 Å². The fourth-order valence-corrected chi connectivity index (χ4v) is 0. The zero-order valence-corrected chi connectivity index (χ0v) is 6.72. The van der Waals surface area contributed by atoms with Gasteiger partial charge in [-0.15, -0.1) is 0 Å². The van der Waals surface area contributed by atoms with E-state index >= 15 is 0 Å². The van der Waals surface area contributed by atoms with Crippen molar-refractivity contribution >= 4 is 6.29 Å². The van der Waals surface area contributed by atoms with E-state index in [1.807, 2.05) is 0 Å². The number of hydrogen-bond acceptors (Lipinski definition) is 2. The first kappa shape index (κ1) is 11.4. The average molecular weight is 133 g/mol. The van der Waals surface area contributed by atoms with E-state index < -0.39 is 0 Å². The quantitative estimate of drug-likeness (QED) is 0.386. The second-order valence-electron chi connectivity index (χ2n) is 3.09. The minimum absolute atomic E-state index is 0.139. The molecule has 9 heavy (non-hydrogen) atoms. The minimum Gasteiger partial charge on any atom is -0.333 e. The number of hydrogen-bond donors (Lipinski definition) is 1. The van der Waals surface area contributed by atoms with Gasteiger partial charge in [-0.05, 0) is 0 Å². The van der Waals surface area contributed by atoms with Crippen molar-refractivity contribution in [3.05, 3.63) is 0 Å². The van der Waals surface area contributed by atoms with Crippen LogP contribution in [0.3, 0.4) is 0 Å². The van der Waals surface area contributed by atoms with Crippen molar-refractivity contribution in [2.45, 2.75) is 0 Å².